The van der Waals surface area contributed by atoms with Crippen LogP contribution in [0.1, 0.15) is 11.4 Å². The van der Waals surface area contributed by atoms with Crippen molar-refractivity contribution in [2.75, 3.05) is 0 Å². The second-order valence-electron chi connectivity index (χ2n) is 4.77. The van der Waals surface area contributed by atoms with Crippen molar-refractivity contribution in [3.63, 3.8) is 0 Å². The Kier molecular flexibility index (Phi) is 3.35. The molecule has 1 aromatic heterocycles. The lowest BCUT2D eigenvalue weighted by molar-refractivity contribution is -0.384. The van der Waals surface area contributed by atoms with E-state index in [0.717, 1.165) is 22.4 Å². The van der Waals surface area contributed by atoms with Gasteiger partial charge in [0.25, 0.3) is 5.69 Å². The molecule has 21 heavy (non-hydrogen) atoms. The fourth-order valence-electron chi connectivity index (χ4n) is 2.34. The number of hydrogen-bond donors (Lipinski definition) is 0. The Morgan fingerprint density at radius 1 is 1.29 bits per heavy atom. The van der Waals surface area contributed by atoms with E-state index >= 15 is 0 Å². The van der Waals surface area contributed by atoms with Gasteiger partial charge in [0.2, 0.25) is 0 Å². The van der Waals surface area contributed by atoms with Gasteiger partial charge in [-0.15, -0.1) is 0 Å². The number of fused-ring (bicyclic) bond motifs is 1. The summed E-state index contributed by atoms with van der Waals surface area (Å²) in [7, 11) is 0. The van der Waals surface area contributed by atoms with E-state index in [0.29, 0.717) is 11.6 Å². The lowest BCUT2D eigenvalue weighted by Gasteiger charge is -2.08. The van der Waals surface area contributed by atoms with E-state index in [-0.39, 0.29) is 5.69 Å². The predicted molar refractivity (Wildman–Crippen MR) is 81.7 cm³/mol. The Morgan fingerprint density at radius 3 is 2.76 bits per heavy atom. The largest absolute Gasteiger partial charge is 0.324 e. The van der Waals surface area contributed by atoms with Crippen molar-refractivity contribution in [3.8, 4) is 0 Å². The fourth-order valence-corrected chi connectivity index (χ4v) is 2.58. The molecule has 0 amide bonds. The minimum absolute atomic E-state index is 0.00374. The number of non-ortho nitro benzene ring substituents is 1. The number of rotatable bonds is 3. The Hall–Kier alpha value is -2.40. The molecule has 0 bridgehead atoms. The number of nitrogens with zero attached hydrogens (tertiary/aromatic N) is 3. The Morgan fingerprint density at radius 2 is 2.05 bits per heavy atom. The summed E-state index contributed by atoms with van der Waals surface area (Å²) >= 11 is 6.16. The number of nitro groups is 1. The van der Waals surface area contributed by atoms with Gasteiger partial charge in [-0.25, -0.2) is 4.98 Å². The molecule has 0 aliphatic heterocycles. The van der Waals surface area contributed by atoms with Crippen LogP contribution in [0.25, 0.3) is 11.0 Å². The lowest BCUT2D eigenvalue weighted by Crippen LogP contribution is -2.03. The molecule has 0 atom stereocenters. The molecule has 0 saturated carbocycles. The number of hydrogen-bond acceptors (Lipinski definition) is 3. The molecule has 1 heterocycles. The predicted octanol–water partition coefficient (Wildman–Crippen LogP) is 3.95. The van der Waals surface area contributed by atoms with Gasteiger partial charge in [-0.2, -0.15) is 0 Å². The maximum absolute atomic E-state index is 10.7. The van der Waals surface area contributed by atoms with E-state index in [2.05, 4.69) is 4.98 Å². The van der Waals surface area contributed by atoms with Crippen molar-refractivity contribution in [3.05, 3.63) is 69.0 Å². The zero-order chi connectivity index (χ0) is 15.0. The van der Waals surface area contributed by atoms with Crippen LogP contribution in [0.5, 0.6) is 0 Å². The molecular weight excluding hydrogens is 290 g/mol. The van der Waals surface area contributed by atoms with Crippen molar-refractivity contribution in [2.45, 2.75) is 13.5 Å². The number of benzene rings is 2. The van der Waals surface area contributed by atoms with Crippen LogP contribution in [0, 0.1) is 17.0 Å². The zero-order valence-electron chi connectivity index (χ0n) is 11.3. The van der Waals surface area contributed by atoms with Crippen molar-refractivity contribution < 1.29 is 4.92 Å². The highest BCUT2D eigenvalue weighted by atomic mass is 35.5. The second kappa shape index (κ2) is 5.18. The number of para-hydroxylation sites is 2. The number of aryl methyl sites for hydroxylation is 1. The summed E-state index contributed by atoms with van der Waals surface area (Å²) in [5.41, 5.74) is 2.77. The molecule has 6 heteroatoms. The minimum Gasteiger partial charge on any atom is -0.324 e. The van der Waals surface area contributed by atoms with Gasteiger partial charge in [0, 0.05) is 12.1 Å². The zero-order valence-corrected chi connectivity index (χ0v) is 12.0. The SMILES string of the molecule is Cc1nc2ccccc2n1Cc1ccc([N+](=O)[O-])cc1Cl. The Bertz CT molecular complexity index is 842. The molecule has 0 aliphatic rings. The molecule has 0 radical (unpaired) electrons. The molecule has 0 fully saturated rings. The average Bonchev–Trinajstić information content (AvgIpc) is 2.77. The first kappa shape index (κ1) is 13.6. The van der Waals surface area contributed by atoms with Crippen LogP contribution >= 0.6 is 11.6 Å². The number of halogens is 1. The monoisotopic (exact) mass is 301 g/mol. The van der Waals surface area contributed by atoms with Gasteiger partial charge in [0.15, 0.2) is 0 Å². The second-order valence-corrected chi connectivity index (χ2v) is 5.17. The molecule has 0 spiro atoms. The Balaban J connectivity index is 2.03. The topological polar surface area (TPSA) is 61.0 Å². The minimum atomic E-state index is -0.451. The van der Waals surface area contributed by atoms with Crippen LogP contribution in [0.4, 0.5) is 5.69 Å². The molecule has 0 N–H and O–H groups in total. The summed E-state index contributed by atoms with van der Waals surface area (Å²) in [4.78, 5) is 14.8. The maximum Gasteiger partial charge on any atom is 0.270 e. The van der Waals surface area contributed by atoms with E-state index in [1.165, 1.54) is 12.1 Å². The smallest absolute Gasteiger partial charge is 0.270 e. The third kappa shape index (κ3) is 2.48. The van der Waals surface area contributed by atoms with Gasteiger partial charge < -0.3 is 4.57 Å². The lowest BCUT2D eigenvalue weighted by atomic mass is 10.2. The summed E-state index contributed by atoms with van der Waals surface area (Å²) in [5.74, 6) is 0.880. The molecule has 106 valence electrons. The van der Waals surface area contributed by atoms with Gasteiger partial charge in [-0.05, 0) is 30.7 Å². The normalized spacial score (nSPS) is 11.0. The van der Waals surface area contributed by atoms with E-state index in [9.17, 15) is 10.1 Å². The third-order valence-electron chi connectivity index (χ3n) is 3.42. The molecule has 5 nitrogen and oxygen atoms in total. The molecular formula is C15H12ClN3O2. The van der Waals surface area contributed by atoms with Gasteiger partial charge >= 0.3 is 0 Å². The quantitative estimate of drug-likeness (QED) is 0.543. The summed E-state index contributed by atoms with van der Waals surface area (Å²) in [6.07, 6.45) is 0. The van der Waals surface area contributed by atoms with Crippen LogP contribution in [-0.4, -0.2) is 14.5 Å². The first-order valence-electron chi connectivity index (χ1n) is 6.41. The van der Waals surface area contributed by atoms with Crippen LogP contribution in [0.15, 0.2) is 42.5 Å². The fraction of sp³-hybridized carbons (Fsp3) is 0.133. The van der Waals surface area contributed by atoms with Crippen molar-refractivity contribution >= 4 is 28.3 Å². The van der Waals surface area contributed by atoms with E-state index in [4.69, 9.17) is 11.6 Å². The average molecular weight is 302 g/mol. The van der Waals surface area contributed by atoms with Crippen molar-refractivity contribution in [2.24, 2.45) is 0 Å². The van der Waals surface area contributed by atoms with Crippen LogP contribution < -0.4 is 0 Å². The first-order chi connectivity index (χ1) is 10.1. The van der Waals surface area contributed by atoms with Gasteiger partial charge in [0.1, 0.15) is 5.82 Å². The van der Waals surface area contributed by atoms with E-state index < -0.39 is 4.92 Å². The maximum atomic E-state index is 10.7. The molecule has 3 aromatic rings. The summed E-state index contributed by atoms with van der Waals surface area (Å²) in [6.45, 7) is 2.46. The van der Waals surface area contributed by atoms with Crippen LogP contribution in [-0.2, 0) is 6.54 Å². The molecule has 0 saturated heterocycles. The van der Waals surface area contributed by atoms with Crippen LogP contribution in [0.2, 0.25) is 5.02 Å². The van der Waals surface area contributed by atoms with Gasteiger partial charge in [-0.3, -0.25) is 10.1 Å². The summed E-state index contributed by atoms with van der Waals surface area (Å²) in [6, 6.07) is 12.4. The van der Waals surface area contributed by atoms with E-state index in [1.54, 1.807) is 6.07 Å². The highest BCUT2D eigenvalue weighted by molar-refractivity contribution is 6.31. The number of nitro benzene ring substituents is 1. The highest BCUT2D eigenvalue weighted by Crippen LogP contribution is 2.25. The van der Waals surface area contributed by atoms with E-state index in [1.807, 2.05) is 35.8 Å². The number of aromatic nitrogens is 2. The molecule has 0 aliphatic carbocycles. The van der Waals surface area contributed by atoms with Crippen LogP contribution in [0.3, 0.4) is 0 Å². The first-order valence-corrected chi connectivity index (χ1v) is 6.79. The third-order valence-corrected chi connectivity index (χ3v) is 3.77. The van der Waals surface area contributed by atoms with Gasteiger partial charge in [0.05, 0.1) is 27.5 Å². The standard InChI is InChI=1S/C15H12ClN3O2/c1-10-17-14-4-2-3-5-15(14)18(10)9-11-6-7-12(19(20)21)8-13(11)16/h2-8H,9H2,1H3. The molecule has 3 rings (SSSR count). The summed E-state index contributed by atoms with van der Waals surface area (Å²) < 4.78 is 2.04. The number of imidazole rings is 1. The molecule has 2 aromatic carbocycles. The van der Waals surface area contributed by atoms with Crippen molar-refractivity contribution in [1.82, 2.24) is 9.55 Å². The molecule has 0 unspecified atom stereocenters. The van der Waals surface area contributed by atoms with Crippen molar-refractivity contribution in [1.29, 1.82) is 0 Å². The highest BCUT2D eigenvalue weighted by Gasteiger charge is 2.12. The summed E-state index contributed by atoms with van der Waals surface area (Å²) in [5, 5.41) is 11.1. The Labute approximate surface area is 125 Å². The van der Waals surface area contributed by atoms with Gasteiger partial charge in [-0.1, -0.05) is 23.7 Å².